The Labute approximate surface area is 149 Å². The quantitative estimate of drug-likeness (QED) is 0.506. The molecule has 5 nitrogen and oxygen atoms in total. The van der Waals surface area contributed by atoms with Gasteiger partial charge in [0.15, 0.2) is 18.2 Å². The van der Waals surface area contributed by atoms with E-state index in [0.29, 0.717) is 22.0 Å². The zero-order chi connectivity index (χ0) is 17.8. The predicted molar refractivity (Wildman–Crippen MR) is 91.7 cm³/mol. The van der Waals surface area contributed by atoms with Crippen molar-refractivity contribution < 1.29 is 18.8 Å². The van der Waals surface area contributed by atoms with Crippen LogP contribution < -0.4 is 0 Å². The van der Waals surface area contributed by atoms with Crippen LogP contribution in [-0.2, 0) is 11.3 Å². The number of halogens is 1. The number of hydrogen-bond acceptors (Lipinski definition) is 5. The van der Waals surface area contributed by atoms with Crippen LogP contribution in [0.2, 0.25) is 5.02 Å². The van der Waals surface area contributed by atoms with Gasteiger partial charge in [-0.25, -0.2) is 4.79 Å². The highest BCUT2D eigenvalue weighted by Gasteiger charge is 2.19. The Kier molecular flexibility index (Phi) is 4.95. The largest absolute Gasteiger partial charge is 0.454 e. The molecule has 0 fully saturated rings. The summed E-state index contributed by atoms with van der Waals surface area (Å²) >= 11 is 5.85. The minimum Gasteiger partial charge on any atom is -0.454 e. The lowest BCUT2D eigenvalue weighted by atomic mass is 9.98. The van der Waals surface area contributed by atoms with Crippen LogP contribution in [0, 0.1) is 6.92 Å². The van der Waals surface area contributed by atoms with Crippen LogP contribution in [0.1, 0.15) is 37.7 Å². The maximum Gasteiger partial charge on any atom is 0.339 e. The molecule has 3 rings (SSSR count). The third kappa shape index (κ3) is 3.95. The summed E-state index contributed by atoms with van der Waals surface area (Å²) in [5, 5.41) is 4.26. The molecule has 0 saturated carbocycles. The summed E-state index contributed by atoms with van der Waals surface area (Å²) in [4.78, 5) is 25.1. The van der Waals surface area contributed by atoms with Gasteiger partial charge in [0.2, 0.25) is 0 Å². The molecule has 0 aliphatic rings. The van der Waals surface area contributed by atoms with Crippen LogP contribution in [0.4, 0.5) is 0 Å². The van der Waals surface area contributed by atoms with E-state index in [2.05, 4.69) is 5.16 Å². The van der Waals surface area contributed by atoms with Gasteiger partial charge in [-0.2, -0.15) is 0 Å². The summed E-state index contributed by atoms with van der Waals surface area (Å²) in [6, 6.07) is 14.7. The first-order chi connectivity index (χ1) is 12.0. The summed E-state index contributed by atoms with van der Waals surface area (Å²) in [5.41, 5.74) is 1.60. The molecule has 0 amide bonds. The number of carbonyl (C=O) groups is 2. The number of aromatic nitrogens is 1. The molecule has 1 heterocycles. The third-order valence-corrected chi connectivity index (χ3v) is 3.77. The molecule has 0 aliphatic carbocycles. The average molecular weight is 356 g/mol. The molecule has 0 aliphatic heterocycles. The summed E-state index contributed by atoms with van der Waals surface area (Å²) < 4.78 is 10.2. The van der Waals surface area contributed by atoms with E-state index in [1.54, 1.807) is 61.5 Å². The van der Waals surface area contributed by atoms with Gasteiger partial charge in [-0.1, -0.05) is 35.0 Å². The number of esters is 1. The highest BCUT2D eigenvalue weighted by atomic mass is 35.5. The zero-order valence-electron chi connectivity index (χ0n) is 13.4. The van der Waals surface area contributed by atoms with Crippen molar-refractivity contribution in [1.29, 1.82) is 0 Å². The van der Waals surface area contributed by atoms with Gasteiger partial charge in [0.1, 0.15) is 0 Å². The molecular formula is C19H14ClNO4. The summed E-state index contributed by atoms with van der Waals surface area (Å²) in [6.45, 7) is 1.72. The molecule has 25 heavy (non-hydrogen) atoms. The number of nitrogens with zero attached hydrogens (tertiary/aromatic N) is 1. The predicted octanol–water partition coefficient (Wildman–Crippen LogP) is 4.22. The topological polar surface area (TPSA) is 69.4 Å². The normalized spacial score (nSPS) is 10.5. The van der Waals surface area contributed by atoms with Gasteiger partial charge in [0.25, 0.3) is 0 Å². The highest BCUT2D eigenvalue weighted by Crippen LogP contribution is 2.18. The van der Waals surface area contributed by atoms with E-state index in [1.165, 1.54) is 0 Å². The maximum absolute atomic E-state index is 12.7. The maximum atomic E-state index is 12.7. The number of hydrogen-bond donors (Lipinski definition) is 0. The summed E-state index contributed by atoms with van der Waals surface area (Å²) in [7, 11) is 0. The smallest absolute Gasteiger partial charge is 0.339 e. The Morgan fingerprint density at radius 1 is 1.08 bits per heavy atom. The van der Waals surface area contributed by atoms with Crippen LogP contribution in [0.15, 0.2) is 59.1 Å². The summed E-state index contributed by atoms with van der Waals surface area (Å²) in [5.74, 6) is -0.445. The molecule has 0 N–H and O–H groups in total. The van der Waals surface area contributed by atoms with Crippen LogP contribution in [-0.4, -0.2) is 16.9 Å². The van der Waals surface area contributed by atoms with Gasteiger partial charge in [-0.3, -0.25) is 4.79 Å². The van der Waals surface area contributed by atoms with E-state index >= 15 is 0 Å². The zero-order valence-corrected chi connectivity index (χ0v) is 14.1. The van der Waals surface area contributed by atoms with Crippen molar-refractivity contribution in [2.75, 3.05) is 0 Å². The van der Waals surface area contributed by atoms with E-state index in [0.717, 1.165) is 0 Å². The van der Waals surface area contributed by atoms with Gasteiger partial charge in [0.05, 0.1) is 11.3 Å². The second-order valence-corrected chi connectivity index (χ2v) is 5.83. The minimum atomic E-state index is -0.605. The van der Waals surface area contributed by atoms with E-state index < -0.39 is 5.97 Å². The molecule has 0 saturated heterocycles. The van der Waals surface area contributed by atoms with Crippen LogP contribution in [0.3, 0.4) is 0 Å². The van der Waals surface area contributed by atoms with Gasteiger partial charge < -0.3 is 9.26 Å². The molecule has 3 aromatic rings. The highest BCUT2D eigenvalue weighted by molar-refractivity contribution is 6.30. The number of aryl methyl sites for hydroxylation is 1. The van der Waals surface area contributed by atoms with Crippen LogP contribution in [0.5, 0.6) is 0 Å². The minimum absolute atomic E-state index is 0.0524. The van der Waals surface area contributed by atoms with Crippen molar-refractivity contribution in [3.63, 3.8) is 0 Å². The molecule has 0 spiro atoms. The number of rotatable bonds is 5. The fourth-order valence-electron chi connectivity index (χ4n) is 2.31. The Morgan fingerprint density at radius 2 is 1.76 bits per heavy atom. The Bertz CT molecular complexity index is 915. The van der Waals surface area contributed by atoms with Gasteiger partial charge in [0, 0.05) is 22.2 Å². The first-order valence-corrected chi connectivity index (χ1v) is 7.91. The number of ketones is 1. The van der Waals surface area contributed by atoms with Crippen molar-refractivity contribution in [3.05, 3.63) is 87.8 Å². The first-order valence-electron chi connectivity index (χ1n) is 7.53. The summed E-state index contributed by atoms with van der Waals surface area (Å²) in [6.07, 6.45) is 0. The standard InChI is InChI=1S/C19H14ClNO4/c1-12-10-15(25-21-12)11-24-19(23)17-5-3-2-4-16(17)18(22)13-6-8-14(20)9-7-13/h2-10H,11H2,1H3. The van der Waals surface area contributed by atoms with Gasteiger partial charge in [-0.05, 0) is 37.3 Å². The van der Waals surface area contributed by atoms with Gasteiger partial charge >= 0.3 is 5.97 Å². The lowest BCUT2D eigenvalue weighted by molar-refractivity contribution is 0.0435. The molecule has 0 radical (unpaired) electrons. The fourth-order valence-corrected chi connectivity index (χ4v) is 2.44. The van der Waals surface area contributed by atoms with Gasteiger partial charge in [-0.15, -0.1) is 0 Å². The number of benzene rings is 2. The van der Waals surface area contributed by atoms with Crippen molar-refractivity contribution in [3.8, 4) is 0 Å². The van der Waals surface area contributed by atoms with Crippen molar-refractivity contribution in [1.82, 2.24) is 5.16 Å². The lowest BCUT2D eigenvalue weighted by Crippen LogP contribution is -2.12. The molecular weight excluding hydrogens is 342 g/mol. The first kappa shape index (κ1) is 16.9. The third-order valence-electron chi connectivity index (χ3n) is 3.52. The van der Waals surface area contributed by atoms with Crippen molar-refractivity contribution in [2.24, 2.45) is 0 Å². The molecule has 0 bridgehead atoms. The molecule has 1 aromatic heterocycles. The number of carbonyl (C=O) groups excluding carboxylic acids is 2. The van der Waals surface area contributed by atoms with E-state index in [-0.39, 0.29) is 23.5 Å². The van der Waals surface area contributed by atoms with Crippen molar-refractivity contribution in [2.45, 2.75) is 13.5 Å². The van der Waals surface area contributed by atoms with Crippen molar-refractivity contribution >= 4 is 23.4 Å². The van der Waals surface area contributed by atoms with Crippen LogP contribution >= 0.6 is 11.6 Å². The number of ether oxygens (including phenoxy) is 1. The second kappa shape index (κ2) is 7.32. The van der Waals surface area contributed by atoms with E-state index in [4.69, 9.17) is 20.9 Å². The monoisotopic (exact) mass is 355 g/mol. The average Bonchev–Trinajstić information content (AvgIpc) is 3.05. The molecule has 0 unspecified atom stereocenters. The SMILES string of the molecule is Cc1cc(COC(=O)c2ccccc2C(=O)c2ccc(Cl)cc2)on1. The fraction of sp³-hybridized carbons (Fsp3) is 0.105. The molecule has 2 aromatic carbocycles. The van der Waals surface area contributed by atoms with E-state index in [9.17, 15) is 9.59 Å². The Hall–Kier alpha value is -2.92. The molecule has 0 atom stereocenters. The second-order valence-electron chi connectivity index (χ2n) is 5.39. The Morgan fingerprint density at radius 3 is 2.40 bits per heavy atom. The Balaban J connectivity index is 1.81. The molecule has 126 valence electrons. The van der Waals surface area contributed by atoms with Crippen LogP contribution in [0.25, 0.3) is 0 Å². The lowest BCUT2D eigenvalue weighted by Gasteiger charge is -2.08. The van der Waals surface area contributed by atoms with E-state index in [1.807, 2.05) is 0 Å². The molecule has 6 heteroatoms.